The molecule has 3 rings (SSSR count). The zero-order valence-corrected chi connectivity index (χ0v) is 16.2. The highest BCUT2D eigenvalue weighted by Crippen LogP contribution is 2.40. The Morgan fingerprint density at radius 2 is 2.21 bits per heavy atom. The fourth-order valence-electron chi connectivity index (χ4n) is 2.26. The maximum absolute atomic E-state index is 13.0. The van der Waals surface area contributed by atoms with Crippen LogP contribution in [0.3, 0.4) is 0 Å². The van der Waals surface area contributed by atoms with Crippen LogP contribution in [0.4, 0.5) is 10.2 Å². The van der Waals surface area contributed by atoms with Crippen LogP contribution in [0.25, 0.3) is 10.2 Å². The predicted octanol–water partition coefficient (Wildman–Crippen LogP) is 4.16. The lowest BCUT2D eigenvalue weighted by atomic mass is 10.2. The molecule has 0 aromatic carbocycles. The van der Waals surface area contributed by atoms with Crippen LogP contribution < -0.4 is 11.1 Å². The van der Waals surface area contributed by atoms with Gasteiger partial charge in [0.1, 0.15) is 16.3 Å². The van der Waals surface area contributed by atoms with Gasteiger partial charge in [-0.3, -0.25) is 0 Å². The first-order chi connectivity index (χ1) is 11.5. The molecule has 128 valence electrons. The van der Waals surface area contributed by atoms with Crippen molar-refractivity contribution in [1.29, 1.82) is 0 Å². The van der Waals surface area contributed by atoms with Gasteiger partial charge in [0, 0.05) is 21.2 Å². The lowest BCUT2D eigenvalue weighted by Crippen LogP contribution is -2.17. The molecule has 0 radical (unpaired) electrons. The number of rotatable bonds is 6. The molecular weight excluding hydrogens is 389 g/mol. The Bertz CT molecular complexity index is 864. The van der Waals surface area contributed by atoms with Crippen LogP contribution in [0.1, 0.15) is 16.8 Å². The van der Waals surface area contributed by atoms with Gasteiger partial charge in [0.25, 0.3) is 0 Å². The Morgan fingerprint density at radius 3 is 2.83 bits per heavy atom. The Balaban J connectivity index is 1.98. The topological polar surface area (TPSA) is 76.7 Å². The molecule has 0 amide bonds. The number of thiazole rings is 1. The number of nitrogens with one attached hydrogen (secondary N) is 1. The van der Waals surface area contributed by atoms with E-state index in [2.05, 4.69) is 20.3 Å². The van der Waals surface area contributed by atoms with E-state index in [4.69, 9.17) is 17.3 Å². The molecule has 0 saturated carbocycles. The summed E-state index contributed by atoms with van der Waals surface area (Å²) in [4.78, 5) is 14.7. The van der Waals surface area contributed by atoms with E-state index in [1.165, 1.54) is 21.6 Å². The summed E-state index contributed by atoms with van der Waals surface area (Å²) in [5.41, 5.74) is 6.78. The molecule has 0 spiro atoms. The number of thiophene rings is 1. The van der Waals surface area contributed by atoms with Crippen molar-refractivity contribution in [2.45, 2.75) is 30.8 Å². The third-order valence-electron chi connectivity index (χ3n) is 3.17. The lowest BCUT2D eigenvalue weighted by molar-refractivity contribution is 0.588. The highest BCUT2D eigenvalue weighted by molar-refractivity contribution is 7.99. The first-order valence-electron chi connectivity index (χ1n) is 7.10. The van der Waals surface area contributed by atoms with Crippen molar-refractivity contribution >= 4 is 62.1 Å². The molecule has 10 heteroatoms. The number of nitrogens with two attached hydrogens (primary N) is 1. The quantitative estimate of drug-likeness (QED) is 0.475. The van der Waals surface area contributed by atoms with Crippen LogP contribution in [-0.2, 0) is 13.0 Å². The fourth-order valence-corrected chi connectivity index (χ4v) is 5.34. The summed E-state index contributed by atoms with van der Waals surface area (Å²) in [6.07, 6.45) is 2.78. The summed E-state index contributed by atoms with van der Waals surface area (Å²) in [5.74, 6) is 0.166. The van der Waals surface area contributed by atoms with E-state index >= 15 is 0 Å². The zero-order valence-electron chi connectivity index (χ0n) is 13.0. The Kier molecular flexibility index (Phi) is 5.56. The van der Waals surface area contributed by atoms with Crippen molar-refractivity contribution in [3.8, 4) is 0 Å². The minimum atomic E-state index is -0.470. The molecule has 0 aliphatic carbocycles. The third kappa shape index (κ3) is 3.80. The summed E-state index contributed by atoms with van der Waals surface area (Å²) >= 11 is 10.6. The number of hydrogen-bond donors (Lipinski definition) is 2. The predicted molar refractivity (Wildman–Crippen MR) is 101 cm³/mol. The van der Waals surface area contributed by atoms with Crippen molar-refractivity contribution in [2.24, 2.45) is 5.73 Å². The third-order valence-corrected chi connectivity index (χ3v) is 6.35. The van der Waals surface area contributed by atoms with Gasteiger partial charge in [0.2, 0.25) is 11.2 Å². The lowest BCUT2D eigenvalue weighted by Gasteiger charge is -2.05. The molecule has 0 aliphatic rings. The number of aromatic nitrogens is 3. The molecule has 0 aliphatic heterocycles. The number of thioether (sulfide) groups is 1. The van der Waals surface area contributed by atoms with Crippen molar-refractivity contribution in [1.82, 2.24) is 15.0 Å². The van der Waals surface area contributed by atoms with E-state index in [1.54, 1.807) is 23.1 Å². The van der Waals surface area contributed by atoms with Crippen molar-refractivity contribution < 1.29 is 4.39 Å². The average Bonchev–Trinajstić information content (AvgIpc) is 3.07. The van der Waals surface area contributed by atoms with Gasteiger partial charge < -0.3 is 11.1 Å². The van der Waals surface area contributed by atoms with Gasteiger partial charge in [-0.05, 0) is 31.2 Å². The molecule has 0 fully saturated rings. The summed E-state index contributed by atoms with van der Waals surface area (Å²) < 4.78 is 13.9. The normalized spacial score (nSPS) is 12.7. The monoisotopic (exact) mass is 403 g/mol. The van der Waals surface area contributed by atoms with Crippen LogP contribution in [0.15, 0.2) is 10.3 Å². The highest BCUT2D eigenvalue weighted by atomic mass is 35.5. The first-order valence-corrected chi connectivity index (χ1v) is 10.4. The molecule has 3 aromatic heterocycles. The van der Waals surface area contributed by atoms with Gasteiger partial charge in [-0.1, -0.05) is 0 Å². The van der Waals surface area contributed by atoms with Crippen molar-refractivity contribution in [3.05, 3.63) is 26.5 Å². The summed E-state index contributed by atoms with van der Waals surface area (Å²) in [5, 5.41) is 5.39. The van der Waals surface area contributed by atoms with E-state index in [-0.39, 0.29) is 11.3 Å². The highest BCUT2D eigenvalue weighted by Gasteiger charge is 2.19. The SMILES string of the molecule is CSc1c(C[C@H](C)N)sc2c(NCc3nc(F)cs3)nc(Cl)nc12. The van der Waals surface area contributed by atoms with Crippen LogP contribution in [-0.4, -0.2) is 27.2 Å². The van der Waals surface area contributed by atoms with Crippen LogP contribution >= 0.6 is 46.0 Å². The van der Waals surface area contributed by atoms with Gasteiger partial charge in [0.15, 0.2) is 0 Å². The van der Waals surface area contributed by atoms with E-state index in [1.807, 2.05) is 13.2 Å². The summed E-state index contributed by atoms with van der Waals surface area (Å²) in [7, 11) is 0. The zero-order chi connectivity index (χ0) is 17.3. The smallest absolute Gasteiger partial charge is 0.225 e. The van der Waals surface area contributed by atoms with Gasteiger partial charge in [-0.2, -0.15) is 9.37 Å². The average molecular weight is 404 g/mol. The molecule has 24 heavy (non-hydrogen) atoms. The molecule has 1 atom stereocenters. The minimum absolute atomic E-state index is 0.0575. The van der Waals surface area contributed by atoms with Gasteiger partial charge in [-0.15, -0.1) is 34.4 Å². The van der Waals surface area contributed by atoms with E-state index in [0.717, 1.165) is 21.5 Å². The minimum Gasteiger partial charge on any atom is -0.362 e. The van der Waals surface area contributed by atoms with Crippen molar-refractivity contribution in [3.63, 3.8) is 0 Å². The van der Waals surface area contributed by atoms with Crippen molar-refractivity contribution in [2.75, 3.05) is 11.6 Å². The number of fused-ring (bicyclic) bond motifs is 1. The van der Waals surface area contributed by atoms with E-state index < -0.39 is 5.95 Å². The maximum Gasteiger partial charge on any atom is 0.225 e. The number of nitrogens with zero attached hydrogens (tertiary/aromatic N) is 3. The van der Waals surface area contributed by atoms with Crippen LogP contribution in [0, 0.1) is 5.95 Å². The van der Waals surface area contributed by atoms with Gasteiger partial charge >= 0.3 is 0 Å². The molecule has 5 nitrogen and oxygen atoms in total. The largest absolute Gasteiger partial charge is 0.362 e. The molecule has 0 unspecified atom stereocenters. The fraction of sp³-hybridized carbons (Fsp3) is 0.357. The molecule has 3 N–H and O–H groups in total. The van der Waals surface area contributed by atoms with Crippen LogP contribution in [0.5, 0.6) is 0 Å². The maximum atomic E-state index is 13.0. The Labute approximate surface area is 155 Å². The first kappa shape index (κ1) is 17.8. The Morgan fingerprint density at radius 1 is 1.42 bits per heavy atom. The molecule has 3 heterocycles. The Hall–Kier alpha value is -1.00. The second kappa shape index (κ2) is 7.49. The second-order valence-electron chi connectivity index (χ2n) is 5.18. The number of anilines is 1. The van der Waals surface area contributed by atoms with E-state index in [0.29, 0.717) is 17.4 Å². The molecule has 3 aromatic rings. The standard InChI is InChI=1S/C14H15ClFN5S3/c1-6(17)3-7-11(22-2)10-12(24-7)13(21-14(15)20-10)18-4-9-19-8(16)5-23-9/h5-6H,3-4,17H2,1-2H3,(H,18,20,21)/t6-/m0/s1. The summed E-state index contributed by atoms with van der Waals surface area (Å²) in [6.45, 7) is 2.36. The van der Waals surface area contributed by atoms with Gasteiger partial charge in [-0.25, -0.2) is 9.97 Å². The van der Waals surface area contributed by atoms with E-state index in [9.17, 15) is 4.39 Å². The molecular formula is C14H15ClFN5S3. The van der Waals surface area contributed by atoms with Gasteiger partial charge in [0.05, 0.1) is 11.2 Å². The summed E-state index contributed by atoms with van der Waals surface area (Å²) in [6, 6.07) is 0.0575. The molecule has 0 saturated heterocycles. The number of halogens is 2. The number of hydrogen-bond acceptors (Lipinski definition) is 8. The van der Waals surface area contributed by atoms with Crippen LogP contribution in [0.2, 0.25) is 5.28 Å². The molecule has 0 bridgehead atoms. The second-order valence-corrected chi connectivity index (χ2v) is 8.38.